The number of Topliss-reactive ketones (excluding diaryl/α,β-unsaturated/α-hetero) is 1. The molecule has 0 N–H and O–H groups in total. The van der Waals surface area contributed by atoms with E-state index in [9.17, 15) is 9.59 Å². The molecule has 4 heteroatoms. The zero-order valence-corrected chi connectivity index (χ0v) is 19.0. The van der Waals surface area contributed by atoms with Crippen molar-refractivity contribution in [2.75, 3.05) is 6.61 Å². The van der Waals surface area contributed by atoms with Gasteiger partial charge in [-0.25, -0.2) is 9.78 Å². The molecule has 1 aliphatic carbocycles. The van der Waals surface area contributed by atoms with Gasteiger partial charge >= 0.3 is 5.97 Å². The van der Waals surface area contributed by atoms with Crippen molar-refractivity contribution in [1.82, 2.24) is 4.98 Å². The molecule has 0 aliphatic heterocycles. The summed E-state index contributed by atoms with van der Waals surface area (Å²) in [4.78, 5) is 30.9. The SMILES string of the molecule is CC1CC(=Cc2ccccc2)c2nc3ccccc3c(C(=O)OCC(=O)c3ccccc3)c2C1. The Hall–Kier alpha value is -4.05. The molecule has 3 aromatic carbocycles. The Labute approximate surface area is 198 Å². The monoisotopic (exact) mass is 447 g/mol. The second kappa shape index (κ2) is 9.44. The van der Waals surface area contributed by atoms with Gasteiger partial charge in [0.15, 0.2) is 12.4 Å². The van der Waals surface area contributed by atoms with Crippen molar-refractivity contribution in [3.05, 3.63) is 113 Å². The minimum absolute atomic E-state index is 0.223. The number of fused-ring (bicyclic) bond motifs is 2. The van der Waals surface area contributed by atoms with E-state index in [0.29, 0.717) is 17.0 Å². The Bertz CT molecular complexity index is 1390. The van der Waals surface area contributed by atoms with Crippen molar-refractivity contribution in [2.24, 2.45) is 5.92 Å². The number of carbonyl (C=O) groups excluding carboxylic acids is 2. The molecule has 34 heavy (non-hydrogen) atoms. The lowest BCUT2D eigenvalue weighted by Crippen LogP contribution is -2.21. The smallest absolute Gasteiger partial charge is 0.339 e. The Balaban J connectivity index is 1.56. The molecule has 0 radical (unpaired) electrons. The summed E-state index contributed by atoms with van der Waals surface area (Å²) >= 11 is 0. The standard InChI is InChI=1S/C30H25NO3/c1-20-16-23(18-21-10-4-2-5-11-21)29-25(17-20)28(24-14-8-9-15-26(24)31-29)30(33)34-19-27(32)22-12-6-3-7-13-22/h2-15,18,20H,16-17,19H2,1H3. The number of allylic oxidation sites excluding steroid dienone is 1. The molecule has 0 saturated carbocycles. The van der Waals surface area contributed by atoms with Crippen molar-refractivity contribution in [1.29, 1.82) is 0 Å². The molecule has 5 rings (SSSR count). The second-order valence-corrected chi connectivity index (χ2v) is 8.79. The fourth-order valence-electron chi connectivity index (χ4n) is 4.63. The first-order chi connectivity index (χ1) is 16.6. The summed E-state index contributed by atoms with van der Waals surface area (Å²) in [5.74, 6) is -0.352. The Morgan fingerprint density at radius 3 is 2.35 bits per heavy atom. The molecule has 1 unspecified atom stereocenters. The summed E-state index contributed by atoms with van der Waals surface area (Å²) in [6.45, 7) is 1.89. The van der Waals surface area contributed by atoms with Crippen LogP contribution in [0, 0.1) is 5.92 Å². The quantitative estimate of drug-likeness (QED) is 0.262. The third-order valence-electron chi connectivity index (χ3n) is 6.19. The van der Waals surface area contributed by atoms with E-state index < -0.39 is 5.97 Å². The highest BCUT2D eigenvalue weighted by Crippen LogP contribution is 2.38. The van der Waals surface area contributed by atoms with Crippen molar-refractivity contribution >= 4 is 34.3 Å². The number of aromatic nitrogens is 1. The maximum Gasteiger partial charge on any atom is 0.339 e. The molecule has 1 aliphatic rings. The molecule has 0 spiro atoms. The maximum absolute atomic E-state index is 13.4. The van der Waals surface area contributed by atoms with Crippen LogP contribution in [0.1, 0.15) is 50.9 Å². The van der Waals surface area contributed by atoms with Crippen LogP contribution in [0.3, 0.4) is 0 Å². The number of esters is 1. The highest BCUT2D eigenvalue weighted by atomic mass is 16.5. The largest absolute Gasteiger partial charge is 0.454 e. The fraction of sp³-hybridized carbons (Fsp3) is 0.167. The van der Waals surface area contributed by atoms with E-state index in [2.05, 4.69) is 25.1 Å². The van der Waals surface area contributed by atoms with E-state index in [-0.39, 0.29) is 12.4 Å². The number of benzene rings is 3. The Morgan fingerprint density at radius 2 is 1.59 bits per heavy atom. The molecule has 0 saturated heterocycles. The first-order valence-corrected chi connectivity index (χ1v) is 11.5. The highest BCUT2D eigenvalue weighted by molar-refractivity contribution is 6.08. The number of rotatable bonds is 5. The number of hydrogen-bond donors (Lipinski definition) is 0. The molecule has 0 bridgehead atoms. The Morgan fingerprint density at radius 1 is 0.912 bits per heavy atom. The fourth-order valence-corrected chi connectivity index (χ4v) is 4.63. The van der Waals surface area contributed by atoms with E-state index in [0.717, 1.165) is 46.1 Å². The van der Waals surface area contributed by atoms with Crippen LogP contribution in [0.4, 0.5) is 0 Å². The van der Waals surface area contributed by atoms with E-state index >= 15 is 0 Å². The lowest BCUT2D eigenvalue weighted by molar-refractivity contribution is 0.0475. The third-order valence-corrected chi connectivity index (χ3v) is 6.19. The normalized spacial score (nSPS) is 16.3. The van der Waals surface area contributed by atoms with Crippen LogP contribution in [0.2, 0.25) is 0 Å². The molecular formula is C30H25NO3. The van der Waals surface area contributed by atoms with Crippen LogP contribution >= 0.6 is 0 Å². The second-order valence-electron chi connectivity index (χ2n) is 8.79. The molecule has 1 atom stereocenters. The number of hydrogen-bond acceptors (Lipinski definition) is 4. The first-order valence-electron chi connectivity index (χ1n) is 11.5. The number of carbonyl (C=O) groups is 2. The number of ether oxygens (including phenoxy) is 1. The average Bonchev–Trinajstić information content (AvgIpc) is 2.87. The van der Waals surface area contributed by atoms with Crippen molar-refractivity contribution in [3.8, 4) is 0 Å². The molecule has 1 aromatic heterocycles. The minimum atomic E-state index is -0.479. The van der Waals surface area contributed by atoms with Gasteiger partial charge in [-0.1, -0.05) is 85.8 Å². The molecular weight excluding hydrogens is 422 g/mol. The van der Waals surface area contributed by atoms with Gasteiger partial charge in [-0.3, -0.25) is 4.79 Å². The molecule has 4 nitrogen and oxygen atoms in total. The van der Waals surface area contributed by atoms with Crippen LogP contribution in [0.5, 0.6) is 0 Å². The first kappa shape index (κ1) is 21.8. The molecule has 0 fully saturated rings. The van der Waals surface area contributed by atoms with Crippen LogP contribution in [-0.4, -0.2) is 23.3 Å². The van der Waals surface area contributed by atoms with Crippen molar-refractivity contribution in [3.63, 3.8) is 0 Å². The number of para-hydroxylation sites is 1. The van der Waals surface area contributed by atoms with Crippen LogP contribution in [0.15, 0.2) is 84.9 Å². The summed E-state index contributed by atoms with van der Waals surface area (Å²) in [5, 5.41) is 0.756. The molecule has 1 heterocycles. The van der Waals surface area contributed by atoms with Gasteiger partial charge in [0.05, 0.1) is 16.8 Å². The van der Waals surface area contributed by atoms with E-state index in [1.807, 2.05) is 48.5 Å². The summed E-state index contributed by atoms with van der Waals surface area (Å²) < 4.78 is 5.57. The molecule has 4 aromatic rings. The predicted molar refractivity (Wildman–Crippen MR) is 135 cm³/mol. The number of nitrogens with zero attached hydrogens (tertiary/aromatic N) is 1. The van der Waals surface area contributed by atoms with Crippen molar-refractivity contribution in [2.45, 2.75) is 19.8 Å². The topological polar surface area (TPSA) is 56.3 Å². The third kappa shape index (κ3) is 4.40. The van der Waals surface area contributed by atoms with E-state index in [1.54, 1.807) is 24.3 Å². The van der Waals surface area contributed by atoms with Crippen LogP contribution in [-0.2, 0) is 11.2 Å². The summed E-state index contributed by atoms with van der Waals surface area (Å²) in [5.41, 5.74) is 5.76. The van der Waals surface area contributed by atoms with Gasteiger partial charge in [-0.2, -0.15) is 0 Å². The lowest BCUT2D eigenvalue weighted by atomic mass is 9.80. The number of ketones is 1. The van der Waals surface area contributed by atoms with Crippen LogP contribution in [0.25, 0.3) is 22.6 Å². The van der Waals surface area contributed by atoms with Gasteiger partial charge in [-0.05, 0) is 47.6 Å². The average molecular weight is 448 g/mol. The lowest BCUT2D eigenvalue weighted by Gasteiger charge is -2.26. The van der Waals surface area contributed by atoms with E-state index in [4.69, 9.17) is 9.72 Å². The van der Waals surface area contributed by atoms with Crippen molar-refractivity contribution < 1.29 is 14.3 Å². The highest BCUT2D eigenvalue weighted by Gasteiger charge is 2.29. The predicted octanol–water partition coefficient (Wildman–Crippen LogP) is 6.40. The summed E-state index contributed by atoms with van der Waals surface area (Å²) in [6.07, 6.45) is 3.77. The summed E-state index contributed by atoms with van der Waals surface area (Å²) in [7, 11) is 0. The maximum atomic E-state index is 13.4. The van der Waals surface area contributed by atoms with Gasteiger partial charge in [0.1, 0.15) is 0 Å². The van der Waals surface area contributed by atoms with Crippen LogP contribution < -0.4 is 0 Å². The molecule has 0 amide bonds. The molecule has 168 valence electrons. The van der Waals surface area contributed by atoms with Gasteiger partial charge in [-0.15, -0.1) is 0 Å². The zero-order chi connectivity index (χ0) is 23.5. The zero-order valence-electron chi connectivity index (χ0n) is 19.0. The minimum Gasteiger partial charge on any atom is -0.454 e. The Kier molecular flexibility index (Phi) is 6.05. The summed E-state index contributed by atoms with van der Waals surface area (Å²) in [6, 6.07) is 26.7. The van der Waals surface area contributed by atoms with Gasteiger partial charge in [0, 0.05) is 10.9 Å². The number of pyridine rings is 1. The van der Waals surface area contributed by atoms with Gasteiger partial charge in [0.25, 0.3) is 0 Å². The van der Waals surface area contributed by atoms with Gasteiger partial charge < -0.3 is 4.74 Å². The van der Waals surface area contributed by atoms with E-state index in [1.165, 1.54) is 0 Å². The van der Waals surface area contributed by atoms with Gasteiger partial charge in [0.2, 0.25) is 0 Å².